The highest BCUT2D eigenvalue weighted by atomic mass is 32.2. The van der Waals surface area contributed by atoms with Crippen LogP contribution in [0.3, 0.4) is 0 Å². The van der Waals surface area contributed by atoms with Crippen molar-refractivity contribution in [3.63, 3.8) is 0 Å². The molecule has 0 aliphatic carbocycles. The van der Waals surface area contributed by atoms with E-state index >= 15 is 0 Å². The molecule has 0 radical (unpaired) electrons. The first kappa shape index (κ1) is 19.1. The molecule has 0 saturated heterocycles. The SMILES string of the molecule is CC(C)S(=O)(=O)c1ccc(-c2cnc3[nH]cc(-c4scc5c4OCCO5)c3n2)cc1. The largest absolute Gasteiger partial charge is 0.485 e. The van der Waals surface area contributed by atoms with Crippen LogP contribution in [0.15, 0.2) is 46.9 Å². The van der Waals surface area contributed by atoms with Crippen molar-refractivity contribution in [1.29, 1.82) is 0 Å². The molecule has 154 valence electrons. The summed E-state index contributed by atoms with van der Waals surface area (Å²) in [5, 5.41) is 1.47. The van der Waals surface area contributed by atoms with Crippen molar-refractivity contribution in [2.75, 3.05) is 13.2 Å². The van der Waals surface area contributed by atoms with E-state index in [2.05, 4.69) is 9.97 Å². The van der Waals surface area contributed by atoms with Crippen molar-refractivity contribution >= 4 is 32.3 Å². The summed E-state index contributed by atoms with van der Waals surface area (Å²) in [4.78, 5) is 13.7. The monoisotopic (exact) mass is 441 g/mol. The molecule has 1 aliphatic rings. The van der Waals surface area contributed by atoms with Gasteiger partial charge in [0, 0.05) is 22.7 Å². The Kier molecular flexibility index (Phi) is 4.52. The van der Waals surface area contributed by atoms with Crippen molar-refractivity contribution in [3.05, 3.63) is 42.0 Å². The number of benzene rings is 1. The summed E-state index contributed by atoms with van der Waals surface area (Å²) in [6, 6.07) is 6.77. The zero-order valence-electron chi connectivity index (χ0n) is 16.4. The van der Waals surface area contributed by atoms with Crippen molar-refractivity contribution in [2.24, 2.45) is 0 Å². The quantitative estimate of drug-likeness (QED) is 0.507. The second kappa shape index (κ2) is 7.10. The standard InChI is InChI=1S/C21H19N3O4S2/c1-12(2)30(25,26)14-5-3-13(4-6-14)16-10-23-21-18(24-16)15(9-22-21)20-19-17(11-29-20)27-7-8-28-19/h3-6,9-12H,7-8H2,1-2H3,(H,22,23). The highest BCUT2D eigenvalue weighted by molar-refractivity contribution is 7.92. The molecule has 1 aromatic carbocycles. The number of hydrogen-bond acceptors (Lipinski definition) is 7. The molecular formula is C21H19N3O4S2. The number of hydrogen-bond donors (Lipinski definition) is 1. The minimum atomic E-state index is -3.31. The van der Waals surface area contributed by atoms with Crippen molar-refractivity contribution in [2.45, 2.75) is 24.0 Å². The van der Waals surface area contributed by atoms with Crippen LogP contribution in [0, 0.1) is 0 Å². The third-order valence-corrected chi connectivity index (χ3v) is 8.17. The highest BCUT2D eigenvalue weighted by Crippen LogP contribution is 2.47. The van der Waals surface area contributed by atoms with Gasteiger partial charge in [-0.3, -0.25) is 0 Å². The molecule has 0 bridgehead atoms. The first-order valence-corrected chi connectivity index (χ1v) is 11.9. The summed E-state index contributed by atoms with van der Waals surface area (Å²) < 4.78 is 36.2. The number of nitrogens with one attached hydrogen (secondary N) is 1. The first-order chi connectivity index (χ1) is 14.4. The minimum absolute atomic E-state index is 0.306. The van der Waals surface area contributed by atoms with E-state index in [0.717, 1.165) is 33.0 Å². The van der Waals surface area contributed by atoms with E-state index in [-0.39, 0.29) is 0 Å². The van der Waals surface area contributed by atoms with E-state index in [4.69, 9.17) is 14.5 Å². The van der Waals surface area contributed by atoms with Gasteiger partial charge in [0.15, 0.2) is 27.0 Å². The minimum Gasteiger partial charge on any atom is -0.485 e. The van der Waals surface area contributed by atoms with Gasteiger partial charge in [0.05, 0.1) is 26.9 Å². The average molecular weight is 442 g/mol. The predicted octanol–water partition coefficient (Wildman–Crippen LogP) is 4.31. The van der Waals surface area contributed by atoms with E-state index in [1.807, 2.05) is 11.6 Å². The van der Waals surface area contributed by atoms with E-state index in [0.29, 0.717) is 29.5 Å². The summed E-state index contributed by atoms with van der Waals surface area (Å²) in [6.07, 6.45) is 3.55. The molecule has 7 nitrogen and oxygen atoms in total. The Bertz CT molecular complexity index is 1340. The first-order valence-electron chi connectivity index (χ1n) is 9.51. The van der Waals surface area contributed by atoms with Gasteiger partial charge in [-0.25, -0.2) is 18.4 Å². The van der Waals surface area contributed by atoms with Crippen molar-refractivity contribution in [1.82, 2.24) is 15.0 Å². The molecule has 5 rings (SSSR count). The third kappa shape index (κ3) is 3.05. The summed E-state index contributed by atoms with van der Waals surface area (Å²) in [7, 11) is -3.31. The number of ether oxygens (including phenoxy) is 2. The molecule has 1 aliphatic heterocycles. The molecule has 3 aromatic heterocycles. The van der Waals surface area contributed by atoms with E-state index in [1.165, 1.54) is 0 Å². The fraction of sp³-hybridized carbons (Fsp3) is 0.238. The van der Waals surface area contributed by atoms with Crippen LogP contribution in [0.5, 0.6) is 11.5 Å². The van der Waals surface area contributed by atoms with E-state index in [1.54, 1.807) is 55.6 Å². The molecule has 9 heteroatoms. The molecule has 0 atom stereocenters. The van der Waals surface area contributed by atoms with Crippen LogP contribution in [-0.4, -0.2) is 41.8 Å². The molecule has 0 unspecified atom stereocenters. The number of sulfone groups is 1. The van der Waals surface area contributed by atoms with E-state index < -0.39 is 15.1 Å². The maximum absolute atomic E-state index is 12.4. The molecule has 0 saturated carbocycles. The number of H-pyrrole nitrogens is 1. The molecule has 0 spiro atoms. The van der Waals surface area contributed by atoms with Gasteiger partial charge in [0.2, 0.25) is 0 Å². The Morgan fingerprint density at radius 3 is 2.67 bits per heavy atom. The second-order valence-electron chi connectivity index (χ2n) is 7.23. The van der Waals surface area contributed by atoms with Crippen molar-refractivity contribution < 1.29 is 17.9 Å². The van der Waals surface area contributed by atoms with Crippen LogP contribution in [-0.2, 0) is 9.84 Å². The molecule has 30 heavy (non-hydrogen) atoms. The van der Waals surface area contributed by atoms with Crippen LogP contribution >= 0.6 is 11.3 Å². The summed E-state index contributed by atoms with van der Waals surface area (Å²) >= 11 is 1.54. The van der Waals surface area contributed by atoms with Crippen LogP contribution in [0.25, 0.3) is 32.9 Å². The molecule has 4 aromatic rings. The third-order valence-electron chi connectivity index (χ3n) is 5.03. The van der Waals surface area contributed by atoms with Gasteiger partial charge in [-0.05, 0) is 26.0 Å². The lowest BCUT2D eigenvalue weighted by Gasteiger charge is -2.15. The Hall–Kier alpha value is -2.91. The van der Waals surface area contributed by atoms with Gasteiger partial charge in [-0.2, -0.15) is 0 Å². The smallest absolute Gasteiger partial charge is 0.180 e. The molecule has 0 amide bonds. The summed E-state index contributed by atoms with van der Waals surface area (Å²) in [6.45, 7) is 4.41. The van der Waals surface area contributed by atoms with E-state index in [9.17, 15) is 8.42 Å². The molecular weight excluding hydrogens is 422 g/mol. The van der Waals surface area contributed by atoms with Gasteiger partial charge < -0.3 is 14.5 Å². The normalized spacial score (nSPS) is 13.8. The molecule has 1 N–H and O–H groups in total. The molecule has 0 fully saturated rings. The van der Waals surface area contributed by atoms with Gasteiger partial charge in [0.1, 0.15) is 18.7 Å². The fourth-order valence-electron chi connectivity index (χ4n) is 3.34. The van der Waals surface area contributed by atoms with Gasteiger partial charge in [-0.1, -0.05) is 12.1 Å². The number of nitrogens with zero attached hydrogens (tertiary/aromatic N) is 2. The van der Waals surface area contributed by atoms with Crippen LogP contribution in [0.2, 0.25) is 0 Å². The number of thiophene rings is 1. The lowest BCUT2D eigenvalue weighted by molar-refractivity contribution is 0.174. The Labute approximate surface area is 177 Å². The van der Waals surface area contributed by atoms with Crippen LogP contribution in [0.1, 0.15) is 13.8 Å². The number of rotatable bonds is 4. The number of aromatic amines is 1. The Balaban J connectivity index is 1.56. The Morgan fingerprint density at radius 1 is 1.13 bits per heavy atom. The number of aromatic nitrogens is 3. The molecule has 4 heterocycles. The van der Waals surface area contributed by atoms with Gasteiger partial charge in [0.25, 0.3) is 0 Å². The zero-order valence-corrected chi connectivity index (χ0v) is 18.0. The number of fused-ring (bicyclic) bond motifs is 2. The maximum Gasteiger partial charge on any atom is 0.180 e. The summed E-state index contributed by atoms with van der Waals surface area (Å²) in [5.41, 5.74) is 3.76. The highest BCUT2D eigenvalue weighted by Gasteiger charge is 2.23. The van der Waals surface area contributed by atoms with Crippen molar-refractivity contribution in [3.8, 4) is 33.2 Å². The topological polar surface area (TPSA) is 94.2 Å². The lowest BCUT2D eigenvalue weighted by Crippen LogP contribution is -2.14. The van der Waals surface area contributed by atoms with Gasteiger partial charge >= 0.3 is 0 Å². The summed E-state index contributed by atoms with van der Waals surface area (Å²) in [5.74, 6) is 1.49. The maximum atomic E-state index is 12.4. The fourth-order valence-corrected chi connectivity index (χ4v) is 5.35. The average Bonchev–Trinajstić information content (AvgIpc) is 3.37. The van der Waals surface area contributed by atoms with Gasteiger partial charge in [-0.15, -0.1) is 11.3 Å². The zero-order chi connectivity index (χ0) is 20.9. The van der Waals surface area contributed by atoms with Crippen LogP contribution < -0.4 is 9.47 Å². The van der Waals surface area contributed by atoms with Crippen LogP contribution in [0.4, 0.5) is 0 Å². The lowest BCUT2D eigenvalue weighted by atomic mass is 10.1. The second-order valence-corrected chi connectivity index (χ2v) is 10.6. The Morgan fingerprint density at radius 2 is 1.90 bits per heavy atom. The predicted molar refractivity (Wildman–Crippen MR) is 116 cm³/mol.